The molecule has 132 valence electrons. The van der Waals surface area contributed by atoms with Crippen molar-refractivity contribution in [2.24, 2.45) is 0 Å². The summed E-state index contributed by atoms with van der Waals surface area (Å²) in [6.07, 6.45) is 2.73. The summed E-state index contributed by atoms with van der Waals surface area (Å²) in [6.45, 7) is 4.09. The summed E-state index contributed by atoms with van der Waals surface area (Å²) in [7, 11) is 1.57. The van der Waals surface area contributed by atoms with Crippen LogP contribution in [0, 0.1) is 0 Å². The van der Waals surface area contributed by atoms with Gasteiger partial charge in [0.2, 0.25) is 5.88 Å². The number of ether oxygens (including phenoxy) is 1. The van der Waals surface area contributed by atoms with E-state index in [1.165, 1.54) is 11.3 Å². The van der Waals surface area contributed by atoms with Crippen molar-refractivity contribution in [1.82, 2.24) is 15.6 Å². The Morgan fingerprint density at radius 3 is 2.96 bits per heavy atom. The lowest BCUT2D eigenvalue weighted by Gasteiger charge is -2.27. The number of rotatable bonds is 6. The van der Waals surface area contributed by atoms with Crippen LogP contribution >= 0.6 is 0 Å². The molecule has 0 bridgehead atoms. The molecule has 1 aliphatic rings. The van der Waals surface area contributed by atoms with Gasteiger partial charge in [0.25, 0.3) is 0 Å². The van der Waals surface area contributed by atoms with Gasteiger partial charge in [0.05, 0.1) is 7.11 Å². The SMILES string of the molecule is COc1ncccc1CNC(=O)NC[C@@H](C)N1CCc2ccccc21. The highest BCUT2D eigenvalue weighted by Gasteiger charge is 2.23. The molecule has 0 fully saturated rings. The fourth-order valence-electron chi connectivity index (χ4n) is 3.15. The van der Waals surface area contributed by atoms with E-state index in [4.69, 9.17) is 4.74 Å². The molecular weight excluding hydrogens is 316 g/mol. The van der Waals surface area contributed by atoms with Crippen LogP contribution in [0.2, 0.25) is 0 Å². The predicted octanol–water partition coefficient (Wildman–Crippen LogP) is 2.34. The third kappa shape index (κ3) is 4.02. The highest BCUT2D eigenvalue weighted by atomic mass is 16.5. The van der Waals surface area contributed by atoms with Crippen molar-refractivity contribution in [3.63, 3.8) is 0 Å². The number of amides is 2. The van der Waals surface area contributed by atoms with E-state index in [0.717, 1.165) is 18.5 Å². The molecule has 0 spiro atoms. The molecule has 2 aromatic rings. The van der Waals surface area contributed by atoms with Crippen LogP contribution < -0.4 is 20.3 Å². The maximum atomic E-state index is 12.1. The first kappa shape index (κ1) is 17.1. The molecule has 25 heavy (non-hydrogen) atoms. The topological polar surface area (TPSA) is 66.5 Å². The Morgan fingerprint density at radius 1 is 1.28 bits per heavy atom. The minimum Gasteiger partial charge on any atom is -0.481 e. The molecule has 0 unspecified atom stereocenters. The normalized spacial score (nSPS) is 13.9. The number of fused-ring (bicyclic) bond motifs is 1. The molecule has 1 aromatic heterocycles. The van der Waals surface area contributed by atoms with E-state index in [1.807, 2.05) is 12.1 Å². The van der Waals surface area contributed by atoms with Crippen molar-refractivity contribution < 1.29 is 9.53 Å². The maximum absolute atomic E-state index is 12.1. The molecule has 2 N–H and O–H groups in total. The number of nitrogens with one attached hydrogen (secondary N) is 2. The van der Waals surface area contributed by atoms with Crippen molar-refractivity contribution in [3.05, 3.63) is 53.7 Å². The number of anilines is 1. The van der Waals surface area contributed by atoms with Gasteiger partial charge in [0.15, 0.2) is 0 Å². The second-order valence-electron chi connectivity index (χ2n) is 6.16. The fourth-order valence-corrected chi connectivity index (χ4v) is 3.15. The number of benzene rings is 1. The van der Waals surface area contributed by atoms with E-state index >= 15 is 0 Å². The van der Waals surface area contributed by atoms with E-state index in [-0.39, 0.29) is 12.1 Å². The number of hydrogen-bond donors (Lipinski definition) is 2. The lowest BCUT2D eigenvalue weighted by atomic mass is 10.2. The Hall–Kier alpha value is -2.76. The minimum atomic E-state index is -0.190. The van der Waals surface area contributed by atoms with Crippen LogP contribution in [0.5, 0.6) is 5.88 Å². The Labute approximate surface area is 148 Å². The maximum Gasteiger partial charge on any atom is 0.315 e. The first-order chi connectivity index (χ1) is 12.2. The molecule has 6 nitrogen and oxygen atoms in total. The van der Waals surface area contributed by atoms with Crippen LogP contribution in [-0.4, -0.2) is 37.3 Å². The first-order valence-corrected chi connectivity index (χ1v) is 8.53. The molecule has 1 atom stereocenters. The zero-order valence-electron chi connectivity index (χ0n) is 14.7. The van der Waals surface area contributed by atoms with Crippen LogP contribution in [0.1, 0.15) is 18.1 Å². The summed E-state index contributed by atoms with van der Waals surface area (Å²) in [4.78, 5) is 18.5. The third-order valence-electron chi connectivity index (χ3n) is 4.50. The number of urea groups is 1. The van der Waals surface area contributed by atoms with E-state index < -0.39 is 0 Å². The van der Waals surface area contributed by atoms with Gasteiger partial charge in [-0.25, -0.2) is 9.78 Å². The van der Waals surface area contributed by atoms with Crippen LogP contribution in [0.4, 0.5) is 10.5 Å². The monoisotopic (exact) mass is 340 g/mol. The average molecular weight is 340 g/mol. The Balaban J connectivity index is 1.48. The lowest BCUT2D eigenvalue weighted by Crippen LogP contribution is -2.44. The van der Waals surface area contributed by atoms with Crippen molar-refractivity contribution in [1.29, 1.82) is 0 Å². The number of hydrogen-bond acceptors (Lipinski definition) is 4. The highest BCUT2D eigenvalue weighted by Crippen LogP contribution is 2.28. The smallest absolute Gasteiger partial charge is 0.315 e. The standard InChI is InChI=1S/C19H24N4O2/c1-14(23-11-9-15-6-3-4-8-17(15)23)12-21-19(24)22-13-16-7-5-10-20-18(16)25-2/h3-8,10,14H,9,11-13H2,1-2H3,(H2,21,22,24)/t14-/m1/s1. The molecule has 1 aromatic carbocycles. The number of pyridine rings is 1. The summed E-state index contributed by atoms with van der Waals surface area (Å²) < 4.78 is 5.19. The molecule has 2 heterocycles. The van der Waals surface area contributed by atoms with Gasteiger partial charge >= 0.3 is 6.03 Å². The van der Waals surface area contributed by atoms with E-state index in [0.29, 0.717) is 19.0 Å². The Morgan fingerprint density at radius 2 is 2.12 bits per heavy atom. The highest BCUT2D eigenvalue weighted by molar-refractivity contribution is 5.74. The summed E-state index contributed by atoms with van der Waals surface area (Å²) in [5.74, 6) is 0.532. The van der Waals surface area contributed by atoms with Crippen LogP contribution in [0.15, 0.2) is 42.6 Å². The minimum absolute atomic E-state index is 0.190. The largest absolute Gasteiger partial charge is 0.481 e. The third-order valence-corrected chi connectivity index (χ3v) is 4.50. The molecule has 0 radical (unpaired) electrons. The molecule has 0 saturated heterocycles. The molecule has 6 heteroatoms. The van der Waals surface area contributed by atoms with Gasteiger partial charge in [0, 0.05) is 43.1 Å². The van der Waals surface area contributed by atoms with Crippen LogP contribution in [0.3, 0.4) is 0 Å². The number of aromatic nitrogens is 1. The molecule has 0 saturated carbocycles. The van der Waals surface area contributed by atoms with E-state index in [1.54, 1.807) is 13.3 Å². The summed E-state index contributed by atoms with van der Waals surface area (Å²) >= 11 is 0. The van der Waals surface area contributed by atoms with Gasteiger partial charge in [-0.05, 0) is 31.0 Å². The number of carbonyl (C=O) groups excluding carboxylic acids is 1. The summed E-state index contributed by atoms with van der Waals surface area (Å²) in [5.41, 5.74) is 3.50. The van der Waals surface area contributed by atoms with Gasteiger partial charge in [-0.3, -0.25) is 0 Å². The van der Waals surface area contributed by atoms with Gasteiger partial charge in [0.1, 0.15) is 0 Å². The Kier molecular flexibility index (Phi) is 5.38. The molecule has 2 amide bonds. The molecule has 1 aliphatic heterocycles. The average Bonchev–Trinajstić information content (AvgIpc) is 3.09. The quantitative estimate of drug-likeness (QED) is 0.847. The Bertz CT molecular complexity index is 735. The fraction of sp³-hybridized carbons (Fsp3) is 0.368. The second-order valence-corrected chi connectivity index (χ2v) is 6.16. The second kappa shape index (κ2) is 7.88. The zero-order chi connectivity index (χ0) is 17.6. The summed E-state index contributed by atoms with van der Waals surface area (Å²) in [5, 5.41) is 5.80. The van der Waals surface area contributed by atoms with Crippen LogP contribution in [0.25, 0.3) is 0 Å². The molecular formula is C19H24N4O2. The lowest BCUT2D eigenvalue weighted by molar-refractivity contribution is 0.239. The number of para-hydroxylation sites is 1. The number of methoxy groups -OCH3 is 1. The first-order valence-electron chi connectivity index (χ1n) is 8.53. The van der Waals surface area contributed by atoms with Gasteiger partial charge in [-0.15, -0.1) is 0 Å². The van der Waals surface area contributed by atoms with Crippen molar-refractivity contribution in [3.8, 4) is 5.88 Å². The van der Waals surface area contributed by atoms with Gasteiger partial charge in [-0.2, -0.15) is 0 Å². The number of carbonyl (C=O) groups is 1. The van der Waals surface area contributed by atoms with Gasteiger partial charge < -0.3 is 20.3 Å². The predicted molar refractivity (Wildman–Crippen MR) is 98.0 cm³/mol. The molecule has 3 rings (SSSR count). The number of nitrogens with zero attached hydrogens (tertiary/aromatic N) is 2. The van der Waals surface area contributed by atoms with Crippen molar-refractivity contribution in [2.75, 3.05) is 25.1 Å². The van der Waals surface area contributed by atoms with Crippen LogP contribution in [-0.2, 0) is 13.0 Å². The summed E-state index contributed by atoms with van der Waals surface area (Å²) in [6, 6.07) is 12.2. The van der Waals surface area contributed by atoms with Crippen molar-refractivity contribution >= 4 is 11.7 Å². The van der Waals surface area contributed by atoms with Gasteiger partial charge in [-0.1, -0.05) is 24.3 Å². The zero-order valence-corrected chi connectivity index (χ0v) is 14.7. The van der Waals surface area contributed by atoms with E-state index in [2.05, 4.69) is 51.7 Å². The molecule has 0 aliphatic carbocycles. The van der Waals surface area contributed by atoms with E-state index in [9.17, 15) is 4.79 Å². The van der Waals surface area contributed by atoms with Crippen molar-refractivity contribution in [2.45, 2.75) is 25.9 Å².